The zero-order valence-corrected chi connectivity index (χ0v) is 13.9. The molecule has 118 valence electrons. The molecule has 2 aromatic heterocycles. The summed E-state index contributed by atoms with van der Waals surface area (Å²) in [6.45, 7) is 3.76. The van der Waals surface area contributed by atoms with E-state index in [4.69, 9.17) is 4.42 Å². The first-order valence-electron chi connectivity index (χ1n) is 7.94. The van der Waals surface area contributed by atoms with Crippen molar-refractivity contribution in [1.82, 2.24) is 15.1 Å². The van der Waals surface area contributed by atoms with E-state index in [2.05, 4.69) is 51.7 Å². The third-order valence-electron chi connectivity index (χ3n) is 4.11. The topological polar surface area (TPSA) is 42.2 Å². The van der Waals surface area contributed by atoms with E-state index in [-0.39, 0.29) is 0 Å². The quantitative estimate of drug-likeness (QED) is 0.679. The van der Waals surface area contributed by atoms with Crippen molar-refractivity contribution in [2.75, 3.05) is 0 Å². The summed E-state index contributed by atoms with van der Waals surface area (Å²) in [6.07, 6.45) is 2.54. The summed E-state index contributed by atoms with van der Waals surface area (Å²) in [6, 6.07) is 13.1. The molecule has 1 aliphatic rings. The molecule has 0 radical (unpaired) electrons. The predicted octanol–water partition coefficient (Wildman–Crippen LogP) is 4.27. The zero-order valence-electron chi connectivity index (χ0n) is 13.1. The Hall–Kier alpha value is -1.98. The molecule has 1 fully saturated rings. The average molecular weight is 325 g/mol. The van der Waals surface area contributed by atoms with Gasteiger partial charge in [-0.3, -0.25) is 4.90 Å². The Morgan fingerprint density at radius 2 is 1.96 bits per heavy atom. The van der Waals surface area contributed by atoms with Gasteiger partial charge < -0.3 is 4.42 Å². The van der Waals surface area contributed by atoms with Crippen LogP contribution in [0.15, 0.2) is 46.2 Å². The van der Waals surface area contributed by atoms with Gasteiger partial charge in [-0.25, -0.2) is 0 Å². The Morgan fingerprint density at radius 3 is 2.65 bits per heavy atom. The molecular formula is C18H19N3OS. The van der Waals surface area contributed by atoms with E-state index in [1.54, 1.807) is 11.3 Å². The SMILES string of the molecule is Cc1ccc(-c2nnc(CN(Cc3cccs3)C3CC3)o2)cc1. The summed E-state index contributed by atoms with van der Waals surface area (Å²) in [5.74, 6) is 1.30. The molecule has 23 heavy (non-hydrogen) atoms. The van der Waals surface area contributed by atoms with Gasteiger partial charge in [-0.2, -0.15) is 0 Å². The fourth-order valence-electron chi connectivity index (χ4n) is 2.66. The van der Waals surface area contributed by atoms with Crippen LogP contribution in [0.1, 0.15) is 29.2 Å². The van der Waals surface area contributed by atoms with Gasteiger partial charge in [0.2, 0.25) is 11.8 Å². The highest BCUT2D eigenvalue weighted by Crippen LogP contribution is 2.30. The summed E-state index contributed by atoms with van der Waals surface area (Å²) >= 11 is 1.80. The Labute approximate surface area is 139 Å². The number of rotatable bonds is 6. The van der Waals surface area contributed by atoms with Crippen molar-refractivity contribution in [3.63, 3.8) is 0 Å². The summed E-state index contributed by atoms with van der Waals surface area (Å²) in [5.41, 5.74) is 2.20. The third-order valence-corrected chi connectivity index (χ3v) is 4.97. The predicted molar refractivity (Wildman–Crippen MR) is 91.1 cm³/mol. The van der Waals surface area contributed by atoms with Crippen LogP contribution in [0.5, 0.6) is 0 Å². The normalized spacial score (nSPS) is 14.5. The molecule has 4 rings (SSSR count). The molecule has 0 amide bonds. The van der Waals surface area contributed by atoms with Gasteiger partial charge in [-0.1, -0.05) is 23.8 Å². The van der Waals surface area contributed by atoms with Crippen molar-refractivity contribution in [3.8, 4) is 11.5 Å². The smallest absolute Gasteiger partial charge is 0.247 e. The molecule has 1 aliphatic carbocycles. The first-order valence-corrected chi connectivity index (χ1v) is 8.82. The number of aromatic nitrogens is 2. The van der Waals surface area contributed by atoms with Gasteiger partial charge in [-0.15, -0.1) is 21.5 Å². The van der Waals surface area contributed by atoms with Crippen molar-refractivity contribution in [2.45, 2.75) is 38.9 Å². The van der Waals surface area contributed by atoms with Gasteiger partial charge in [-0.05, 0) is 43.3 Å². The highest BCUT2D eigenvalue weighted by Gasteiger charge is 2.30. The molecule has 0 spiro atoms. The van der Waals surface area contributed by atoms with Crippen molar-refractivity contribution in [2.24, 2.45) is 0 Å². The highest BCUT2D eigenvalue weighted by atomic mass is 32.1. The molecule has 1 aromatic carbocycles. The second kappa shape index (κ2) is 6.26. The van der Waals surface area contributed by atoms with Crippen LogP contribution < -0.4 is 0 Å². The third kappa shape index (κ3) is 3.51. The number of thiophene rings is 1. The van der Waals surface area contributed by atoms with Crippen LogP contribution in [-0.2, 0) is 13.1 Å². The van der Waals surface area contributed by atoms with E-state index in [9.17, 15) is 0 Å². The molecular weight excluding hydrogens is 306 g/mol. The Kier molecular flexibility index (Phi) is 3.97. The largest absolute Gasteiger partial charge is 0.419 e. The van der Waals surface area contributed by atoms with Crippen LogP contribution in [0.3, 0.4) is 0 Å². The maximum Gasteiger partial charge on any atom is 0.247 e. The molecule has 0 unspecified atom stereocenters. The maximum absolute atomic E-state index is 5.88. The lowest BCUT2D eigenvalue weighted by molar-refractivity contribution is 0.223. The van der Waals surface area contributed by atoms with Gasteiger partial charge in [0.15, 0.2) is 0 Å². The summed E-state index contributed by atoms with van der Waals surface area (Å²) in [5, 5.41) is 10.6. The van der Waals surface area contributed by atoms with E-state index < -0.39 is 0 Å². The molecule has 0 atom stereocenters. The van der Waals surface area contributed by atoms with Crippen LogP contribution in [0.4, 0.5) is 0 Å². The van der Waals surface area contributed by atoms with Crippen molar-refractivity contribution < 1.29 is 4.42 Å². The van der Waals surface area contributed by atoms with Gasteiger partial charge >= 0.3 is 0 Å². The number of hydrogen-bond acceptors (Lipinski definition) is 5. The zero-order chi connectivity index (χ0) is 15.6. The fourth-order valence-corrected chi connectivity index (χ4v) is 3.39. The van der Waals surface area contributed by atoms with Crippen LogP contribution in [0.2, 0.25) is 0 Å². The Balaban J connectivity index is 1.48. The lowest BCUT2D eigenvalue weighted by atomic mass is 10.1. The standard InChI is InChI=1S/C18H19N3OS/c1-13-4-6-14(7-5-13)18-20-19-17(22-18)12-21(15-8-9-15)11-16-3-2-10-23-16/h2-7,10,15H,8-9,11-12H2,1H3. The number of benzene rings is 1. The van der Waals surface area contributed by atoms with Crippen molar-refractivity contribution in [1.29, 1.82) is 0 Å². The van der Waals surface area contributed by atoms with Crippen LogP contribution in [0, 0.1) is 6.92 Å². The Bertz CT molecular complexity index is 760. The molecule has 2 heterocycles. The minimum atomic E-state index is 0.604. The van der Waals surface area contributed by atoms with Crippen LogP contribution in [-0.4, -0.2) is 21.1 Å². The molecule has 0 aliphatic heterocycles. The summed E-state index contributed by atoms with van der Waals surface area (Å²) < 4.78 is 5.88. The molecule has 0 bridgehead atoms. The average Bonchev–Trinajstić information content (AvgIpc) is 3.08. The molecule has 1 saturated carbocycles. The first kappa shape index (κ1) is 14.6. The number of hydrogen-bond donors (Lipinski definition) is 0. The Morgan fingerprint density at radius 1 is 1.13 bits per heavy atom. The van der Waals surface area contributed by atoms with E-state index >= 15 is 0 Å². The highest BCUT2D eigenvalue weighted by molar-refractivity contribution is 7.09. The second-order valence-electron chi connectivity index (χ2n) is 6.08. The molecule has 5 heteroatoms. The van der Waals surface area contributed by atoms with Crippen LogP contribution >= 0.6 is 11.3 Å². The lowest BCUT2D eigenvalue weighted by Gasteiger charge is -2.18. The minimum absolute atomic E-state index is 0.604. The first-order chi connectivity index (χ1) is 11.3. The molecule has 4 nitrogen and oxygen atoms in total. The van der Waals surface area contributed by atoms with Crippen molar-refractivity contribution >= 4 is 11.3 Å². The minimum Gasteiger partial charge on any atom is -0.419 e. The van der Waals surface area contributed by atoms with Crippen molar-refractivity contribution in [3.05, 3.63) is 58.1 Å². The lowest BCUT2D eigenvalue weighted by Crippen LogP contribution is -2.24. The van der Waals surface area contributed by atoms with E-state index in [1.807, 2.05) is 12.1 Å². The van der Waals surface area contributed by atoms with E-state index in [1.165, 1.54) is 23.3 Å². The summed E-state index contributed by atoms with van der Waals surface area (Å²) in [7, 11) is 0. The monoisotopic (exact) mass is 325 g/mol. The van der Waals surface area contributed by atoms with Gasteiger partial charge in [0.1, 0.15) is 0 Å². The van der Waals surface area contributed by atoms with Crippen LogP contribution in [0.25, 0.3) is 11.5 Å². The van der Waals surface area contributed by atoms with E-state index in [0.29, 0.717) is 17.8 Å². The summed E-state index contributed by atoms with van der Waals surface area (Å²) in [4.78, 5) is 3.83. The molecule has 0 N–H and O–H groups in total. The fraction of sp³-hybridized carbons (Fsp3) is 0.333. The van der Waals surface area contributed by atoms with Gasteiger partial charge in [0.25, 0.3) is 0 Å². The number of aryl methyl sites for hydroxylation is 1. The van der Waals surface area contributed by atoms with Gasteiger partial charge in [0, 0.05) is 23.0 Å². The maximum atomic E-state index is 5.88. The molecule has 0 saturated heterocycles. The second-order valence-corrected chi connectivity index (χ2v) is 7.11. The molecule has 3 aromatic rings. The number of nitrogens with zero attached hydrogens (tertiary/aromatic N) is 3. The van der Waals surface area contributed by atoms with E-state index in [0.717, 1.165) is 18.7 Å². The van der Waals surface area contributed by atoms with Gasteiger partial charge in [0.05, 0.1) is 6.54 Å².